The number of likely N-dealkylation sites (N-methyl/N-ethyl adjacent to an activating group) is 1. The molecule has 0 aliphatic carbocycles. The van der Waals surface area contributed by atoms with Gasteiger partial charge in [0.25, 0.3) is 11.8 Å². The number of carbonyl (C=O) groups is 2. The van der Waals surface area contributed by atoms with Crippen LogP contribution in [0.1, 0.15) is 18.1 Å². The third-order valence-electron chi connectivity index (χ3n) is 4.93. The van der Waals surface area contributed by atoms with Crippen LogP contribution in [0.25, 0.3) is 5.57 Å². The molecule has 2 aliphatic rings. The Morgan fingerprint density at radius 3 is 2.24 bits per heavy atom. The first-order valence-corrected chi connectivity index (χ1v) is 8.82. The summed E-state index contributed by atoms with van der Waals surface area (Å²) < 4.78 is 0. The van der Waals surface area contributed by atoms with Crippen LogP contribution in [0.3, 0.4) is 0 Å². The molecule has 5 nitrogen and oxygen atoms in total. The minimum absolute atomic E-state index is 0.203. The van der Waals surface area contributed by atoms with Gasteiger partial charge >= 0.3 is 0 Å². The highest BCUT2D eigenvalue weighted by molar-refractivity contribution is 6.35. The lowest BCUT2D eigenvalue weighted by Crippen LogP contribution is -2.47. The zero-order chi connectivity index (χ0) is 18.0. The number of benzene rings is 1. The second kappa shape index (κ2) is 7.23. The molecule has 2 amide bonds. The summed E-state index contributed by atoms with van der Waals surface area (Å²) in [6.07, 6.45) is 1.60. The van der Waals surface area contributed by atoms with Gasteiger partial charge in [-0.2, -0.15) is 0 Å². The molecule has 1 aromatic rings. The van der Waals surface area contributed by atoms with Crippen LogP contribution in [0.2, 0.25) is 0 Å². The van der Waals surface area contributed by atoms with Gasteiger partial charge in [0, 0.05) is 32.7 Å². The molecule has 2 aliphatic heterocycles. The van der Waals surface area contributed by atoms with E-state index in [1.165, 1.54) is 4.90 Å². The van der Waals surface area contributed by atoms with Crippen molar-refractivity contribution in [2.45, 2.75) is 13.8 Å². The van der Waals surface area contributed by atoms with Gasteiger partial charge in [-0.05, 0) is 19.0 Å². The Kier molecular flexibility index (Phi) is 5.04. The minimum Gasteiger partial charge on any atom is -0.364 e. The van der Waals surface area contributed by atoms with Crippen LogP contribution in [-0.2, 0) is 9.59 Å². The Morgan fingerprint density at radius 2 is 1.68 bits per heavy atom. The fourth-order valence-corrected chi connectivity index (χ4v) is 3.42. The Hall–Kier alpha value is -2.40. The molecule has 3 rings (SSSR count). The van der Waals surface area contributed by atoms with Gasteiger partial charge in [0.15, 0.2) is 0 Å². The predicted octanol–water partition coefficient (Wildman–Crippen LogP) is 1.90. The molecule has 0 saturated carbocycles. The molecule has 0 bridgehead atoms. The SMILES string of the molecule is C=CCN1C(=O)C(c2ccc(C)cc2)=C(N2CCN(CC)CC2)C1=O. The van der Waals surface area contributed by atoms with Crippen LogP contribution >= 0.6 is 0 Å². The van der Waals surface area contributed by atoms with Crippen LogP contribution in [-0.4, -0.2) is 65.8 Å². The Morgan fingerprint density at radius 1 is 1.04 bits per heavy atom. The first-order chi connectivity index (χ1) is 12.1. The number of aryl methyl sites for hydroxylation is 1. The molecule has 25 heavy (non-hydrogen) atoms. The maximum Gasteiger partial charge on any atom is 0.278 e. The van der Waals surface area contributed by atoms with E-state index in [1.807, 2.05) is 31.2 Å². The fourth-order valence-electron chi connectivity index (χ4n) is 3.42. The lowest BCUT2D eigenvalue weighted by Gasteiger charge is -2.35. The molecule has 2 heterocycles. The number of hydrogen-bond donors (Lipinski definition) is 0. The summed E-state index contributed by atoms with van der Waals surface area (Å²) in [5, 5.41) is 0. The number of hydrogen-bond acceptors (Lipinski definition) is 4. The van der Waals surface area contributed by atoms with Gasteiger partial charge in [-0.15, -0.1) is 6.58 Å². The first kappa shape index (κ1) is 17.4. The number of rotatable bonds is 5. The Labute approximate surface area is 149 Å². The number of amides is 2. The van der Waals surface area contributed by atoms with E-state index in [-0.39, 0.29) is 18.4 Å². The molecule has 0 radical (unpaired) electrons. The zero-order valence-corrected chi connectivity index (χ0v) is 15.0. The highest BCUT2D eigenvalue weighted by atomic mass is 16.2. The summed E-state index contributed by atoms with van der Waals surface area (Å²) in [7, 11) is 0. The van der Waals surface area contributed by atoms with Crippen molar-refractivity contribution in [2.75, 3.05) is 39.3 Å². The van der Waals surface area contributed by atoms with Crippen LogP contribution in [0.4, 0.5) is 0 Å². The second-order valence-electron chi connectivity index (χ2n) is 6.52. The van der Waals surface area contributed by atoms with Gasteiger partial charge in [0.2, 0.25) is 0 Å². The fraction of sp³-hybridized carbons (Fsp3) is 0.400. The Bertz CT molecular complexity index is 713. The summed E-state index contributed by atoms with van der Waals surface area (Å²) in [4.78, 5) is 31.6. The summed E-state index contributed by atoms with van der Waals surface area (Å²) in [5.41, 5.74) is 3.01. The quantitative estimate of drug-likeness (QED) is 0.607. The minimum atomic E-state index is -0.221. The van der Waals surface area contributed by atoms with E-state index >= 15 is 0 Å². The molecule has 1 saturated heterocycles. The maximum absolute atomic E-state index is 13.0. The summed E-state index contributed by atoms with van der Waals surface area (Å²) in [6, 6.07) is 7.80. The maximum atomic E-state index is 13.0. The molecule has 1 fully saturated rings. The molecule has 0 N–H and O–H groups in total. The summed E-state index contributed by atoms with van der Waals surface area (Å²) >= 11 is 0. The van der Waals surface area contributed by atoms with E-state index < -0.39 is 0 Å². The smallest absolute Gasteiger partial charge is 0.278 e. The molecular weight excluding hydrogens is 314 g/mol. The van der Waals surface area contributed by atoms with Crippen molar-refractivity contribution in [3.63, 3.8) is 0 Å². The van der Waals surface area contributed by atoms with Gasteiger partial charge in [0.05, 0.1) is 5.57 Å². The average Bonchev–Trinajstić information content (AvgIpc) is 2.87. The van der Waals surface area contributed by atoms with Crippen molar-refractivity contribution < 1.29 is 9.59 Å². The zero-order valence-electron chi connectivity index (χ0n) is 15.0. The monoisotopic (exact) mass is 339 g/mol. The predicted molar refractivity (Wildman–Crippen MR) is 98.7 cm³/mol. The number of carbonyl (C=O) groups excluding carboxylic acids is 2. The van der Waals surface area contributed by atoms with E-state index in [0.29, 0.717) is 11.3 Å². The van der Waals surface area contributed by atoms with E-state index in [1.54, 1.807) is 6.08 Å². The van der Waals surface area contributed by atoms with Gasteiger partial charge in [-0.1, -0.05) is 42.8 Å². The number of nitrogens with zero attached hydrogens (tertiary/aromatic N) is 3. The van der Waals surface area contributed by atoms with Gasteiger partial charge in [0.1, 0.15) is 5.70 Å². The summed E-state index contributed by atoms with van der Waals surface area (Å²) in [6.45, 7) is 12.4. The first-order valence-electron chi connectivity index (χ1n) is 8.82. The normalized spacial score (nSPS) is 19.1. The molecule has 0 aromatic heterocycles. The average molecular weight is 339 g/mol. The number of imide groups is 1. The van der Waals surface area contributed by atoms with Crippen molar-refractivity contribution >= 4 is 17.4 Å². The van der Waals surface area contributed by atoms with Crippen LogP contribution in [0, 0.1) is 6.92 Å². The number of piperazine rings is 1. The van der Waals surface area contributed by atoms with Crippen LogP contribution < -0.4 is 0 Å². The second-order valence-corrected chi connectivity index (χ2v) is 6.52. The Balaban J connectivity index is 2.00. The van der Waals surface area contributed by atoms with Gasteiger partial charge < -0.3 is 9.80 Å². The van der Waals surface area contributed by atoms with Crippen molar-refractivity contribution in [3.8, 4) is 0 Å². The van der Waals surface area contributed by atoms with E-state index in [2.05, 4.69) is 23.3 Å². The topological polar surface area (TPSA) is 43.9 Å². The van der Waals surface area contributed by atoms with Gasteiger partial charge in [-0.25, -0.2) is 0 Å². The van der Waals surface area contributed by atoms with Gasteiger partial charge in [-0.3, -0.25) is 14.5 Å². The van der Waals surface area contributed by atoms with E-state index in [4.69, 9.17) is 0 Å². The largest absolute Gasteiger partial charge is 0.364 e. The van der Waals surface area contributed by atoms with E-state index in [0.717, 1.165) is 43.9 Å². The molecule has 5 heteroatoms. The molecule has 0 atom stereocenters. The van der Waals surface area contributed by atoms with Crippen LogP contribution in [0.15, 0.2) is 42.6 Å². The molecule has 132 valence electrons. The summed E-state index contributed by atoms with van der Waals surface area (Å²) in [5.74, 6) is -0.424. The molecular formula is C20H25N3O2. The van der Waals surface area contributed by atoms with Crippen molar-refractivity contribution in [3.05, 3.63) is 53.7 Å². The van der Waals surface area contributed by atoms with Crippen LogP contribution in [0.5, 0.6) is 0 Å². The van der Waals surface area contributed by atoms with E-state index in [9.17, 15) is 9.59 Å². The molecule has 0 spiro atoms. The van der Waals surface area contributed by atoms with Crippen molar-refractivity contribution in [1.29, 1.82) is 0 Å². The highest BCUT2D eigenvalue weighted by Crippen LogP contribution is 2.32. The lowest BCUT2D eigenvalue weighted by atomic mass is 10.0. The standard InChI is InChI=1S/C20H25N3O2/c1-4-10-23-19(24)17(16-8-6-15(3)7-9-16)18(20(23)25)22-13-11-21(5-2)12-14-22/h4,6-9H,1,5,10-14H2,2-3H3. The third-order valence-corrected chi connectivity index (χ3v) is 4.93. The van der Waals surface area contributed by atoms with Crippen molar-refractivity contribution in [2.24, 2.45) is 0 Å². The molecule has 1 aromatic carbocycles. The highest BCUT2D eigenvalue weighted by Gasteiger charge is 2.41. The lowest BCUT2D eigenvalue weighted by molar-refractivity contribution is -0.137. The third kappa shape index (κ3) is 3.24. The van der Waals surface area contributed by atoms with Crippen molar-refractivity contribution in [1.82, 2.24) is 14.7 Å². The molecule has 0 unspecified atom stereocenters.